The lowest BCUT2D eigenvalue weighted by Gasteiger charge is -2.22. The molecule has 24 heavy (non-hydrogen) atoms. The SMILES string of the molecule is CC(NC(=O)c1cccs1)C(=O)N(C)Cc1ccc2c(c1)OCO2. The van der Waals surface area contributed by atoms with Crippen molar-refractivity contribution in [2.45, 2.75) is 19.5 Å². The van der Waals surface area contributed by atoms with Crippen molar-refractivity contribution in [2.75, 3.05) is 13.8 Å². The molecule has 3 rings (SSSR count). The van der Waals surface area contributed by atoms with Gasteiger partial charge in [-0.15, -0.1) is 11.3 Å². The van der Waals surface area contributed by atoms with Crippen molar-refractivity contribution in [1.82, 2.24) is 10.2 Å². The summed E-state index contributed by atoms with van der Waals surface area (Å²) in [7, 11) is 1.71. The summed E-state index contributed by atoms with van der Waals surface area (Å²) in [6.45, 7) is 2.33. The van der Waals surface area contributed by atoms with Crippen LogP contribution in [0.4, 0.5) is 0 Å². The fourth-order valence-electron chi connectivity index (χ4n) is 2.46. The van der Waals surface area contributed by atoms with Gasteiger partial charge in [0.15, 0.2) is 11.5 Å². The molecule has 7 heteroatoms. The van der Waals surface area contributed by atoms with E-state index in [1.54, 1.807) is 31.0 Å². The van der Waals surface area contributed by atoms with Crippen LogP contribution in [-0.4, -0.2) is 36.6 Å². The Morgan fingerprint density at radius 3 is 2.83 bits per heavy atom. The zero-order chi connectivity index (χ0) is 17.1. The molecule has 1 aromatic carbocycles. The van der Waals surface area contributed by atoms with E-state index in [0.717, 1.165) is 5.56 Å². The third-order valence-corrected chi connectivity index (χ3v) is 4.56. The number of hydrogen-bond donors (Lipinski definition) is 1. The van der Waals surface area contributed by atoms with E-state index >= 15 is 0 Å². The van der Waals surface area contributed by atoms with Gasteiger partial charge in [0, 0.05) is 13.6 Å². The van der Waals surface area contributed by atoms with Crippen molar-refractivity contribution in [2.24, 2.45) is 0 Å². The largest absolute Gasteiger partial charge is 0.454 e. The number of amides is 2. The molecule has 6 nitrogen and oxygen atoms in total. The summed E-state index contributed by atoms with van der Waals surface area (Å²) < 4.78 is 10.6. The number of likely N-dealkylation sites (N-methyl/N-ethyl adjacent to an activating group) is 1. The van der Waals surface area contributed by atoms with Gasteiger partial charge in [0.2, 0.25) is 12.7 Å². The molecule has 1 aliphatic heterocycles. The highest BCUT2D eigenvalue weighted by Crippen LogP contribution is 2.32. The molecule has 1 aromatic heterocycles. The first-order chi connectivity index (χ1) is 11.5. The summed E-state index contributed by atoms with van der Waals surface area (Å²) >= 11 is 1.34. The van der Waals surface area contributed by atoms with Gasteiger partial charge >= 0.3 is 0 Å². The Labute approximate surface area is 144 Å². The fourth-order valence-corrected chi connectivity index (χ4v) is 3.09. The fraction of sp³-hybridized carbons (Fsp3) is 0.294. The summed E-state index contributed by atoms with van der Waals surface area (Å²) in [4.78, 5) is 26.6. The zero-order valence-electron chi connectivity index (χ0n) is 13.4. The first-order valence-electron chi connectivity index (χ1n) is 7.52. The van der Waals surface area contributed by atoms with Crippen LogP contribution in [0.2, 0.25) is 0 Å². The van der Waals surface area contributed by atoms with Gasteiger partial charge in [0.1, 0.15) is 6.04 Å². The smallest absolute Gasteiger partial charge is 0.261 e. The van der Waals surface area contributed by atoms with Crippen LogP contribution in [-0.2, 0) is 11.3 Å². The first-order valence-corrected chi connectivity index (χ1v) is 8.40. The van der Waals surface area contributed by atoms with Crippen molar-refractivity contribution in [3.05, 3.63) is 46.2 Å². The van der Waals surface area contributed by atoms with Gasteiger partial charge in [-0.25, -0.2) is 0 Å². The molecule has 0 bridgehead atoms. The minimum atomic E-state index is -0.599. The lowest BCUT2D eigenvalue weighted by atomic mass is 10.2. The van der Waals surface area contributed by atoms with Crippen LogP contribution in [0.1, 0.15) is 22.2 Å². The van der Waals surface area contributed by atoms with Crippen LogP contribution in [0.15, 0.2) is 35.7 Å². The maximum Gasteiger partial charge on any atom is 0.261 e. The summed E-state index contributed by atoms with van der Waals surface area (Å²) in [5, 5.41) is 4.55. The number of nitrogens with one attached hydrogen (secondary N) is 1. The van der Waals surface area contributed by atoms with Crippen molar-refractivity contribution in [1.29, 1.82) is 0 Å². The molecule has 0 fully saturated rings. The first kappa shape index (κ1) is 16.3. The quantitative estimate of drug-likeness (QED) is 0.902. The van der Waals surface area contributed by atoms with Crippen molar-refractivity contribution >= 4 is 23.2 Å². The van der Waals surface area contributed by atoms with Crippen LogP contribution in [0.3, 0.4) is 0 Å². The molecule has 0 spiro atoms. The lowest BCUT2D eigenvalue weighted by Crippen LogP contribution is -2.45. The molecule has 1 unspecified atom stereocenters. The molecule has 2 aromatic rings. The standard InChI is InChI=1S/C17H18N2O4S/c1-11(18-16(20)15-4-3-7-24-15)17(21)19(2)9-12-5-6-13-14(8-12)23-10-22-13/h3-8,11H,9-10H2,1-2H3,(H,18,20). The minimum absolute atomic E-state index is 0.155. The average molecular weight is 346 g/mol. The van der Waals surface area contributed by atoms with E-state index in [4.69, 9.17) is 9.47 Å². The van der Waals surface area contributed by atoms with Crippen molar-refractivity contribution in [3.8, 4) is 11.5 Å². The second-order valence-corrected chi connectivity index (χ2v) is 6.50. The average Bonchev–Trinajstić information content (AvgIpc) is 3.24. The number of nitrogens with zero attached hydrogens (tertiary/aromatic N) is 1. The van der Waals surface area contributed by atoms with E-state index in [-0.39, 0.29) is 18.6 Å². The highest BCUT2D eigenvalue weighted by atomic mass is 32.1. The summed E-state index contributed by atoms with van der Waals surface area (Å²) in [5.74, 6) is 1.01. The number of ether oxygens (including phenoxy) is 2. The minimum Gasteiger partial charge on any atom is -0.454 e. The van der Waals surface area contributed by atoms with E-state index in [9.17, 15) is 9.59 Å². The van der Waals surface area contributed by atoms with E-state index in [2.05, 4.69) is 5.32 Å². The van der Waals surface area contributed by atoms with Gasteiger partial charge in [-0.1, -0.05) is 12.1 Å². The Bertz CT molecular complexity index is 745. The highest BCUT2D eigenvalue weighted by molar-refractivity contribution is 7.12. The summed E-state index contributed by atoms with van der Waals surface area (Å²) in [6, 6.07) is 8.52. The van der Waals surface area contributed by atoms with Crippen LogP contribution < -0.4 is 14.8 Å². The predicted molar refractivity (Wildman–Crippen MR) is 90.3 cm³/mol. The topological polar surface area (TPSA) is 67.9 Å². The molecule has 0 radical (unpaired) electrons. The third-order valence-electron chi connectivity index (χ3n) is 3.70. The summed E-state index contributed by atoms with van der Waals surface area (Å²) in [6.07, 6.45) is 0. The number of carbonyl (C=O) groups is 2. The Balaban J connectivity index is 1.58. The summed E-state index contributed by atoms with van der Waals surface area (Å²) in [5.41, 5.74) is 0.937. The lowest BCUT2D eigenvalue weighted by molar-refractivity contribution is -0.132. The third kappa shape index (κ3) is 3.51. The van der Waals surface area contributed by atoms with Gasteiger partial charge < -0.3 is 19.7 Å². The van der Waals surface area contributed by atoms with E-state index in [0.29, 0.717) is 22.9 Å². The Hall–Kier alpha value is -2.54. The maximum atomic E-state index is 12.4. The Kier molecular flexibility index (Phi) is 4.71. The number of rotatable bonds is 5. The van der Waals surface area contributed by atoms with Crippen LogP contribution >= 0.6 is 11.3 Å². The molecule has 2 heterocycles. The second-order valence-electron chi connectivity index (χ2n) is 5.55. The normalized spacial score (nSPS) is 13.4. The molecule has 1 aliphatic rings. The predicted octanol–water partition coefficient (Wildman–Crippen LogP) is 2.25. The van der Waals surface area contributed by atoms with Crippen LogP contribution in [0, 0.1) is 0 Å². The second kappa shape index (κ2) is 6.92. The zero-order valence-corrected chi connectivity index (χ0v) is 14.3. The molecular weight excluding hydrogens is 328 g/mol. The molecule has 2 amide bonds. The maximum absolute atomic E-state index is 12.4. The monoisotopic (exact) mass is 346 g/mol. The van der Waals surface area contributed by atoms with Gasteiger partial charge in [0.25, 0.3) is 5.91 Å². The van der Waals surface area contributed by atoms with E-state index in [1.165, 1.54) is 11.3 Å². The number of carbonyl (C=O) groups excluding carboxylic acids is 2. The van der Waals surface area contributed by atoms with E-state index < -0.39 is 6.04 Å². The molecular formula is C17H18N2O4S. The Morgan fingerprint density at radius 2 is 2.08 bits per heavy atom. The highest BCUT2D eigenvalue weighted by Gasteiger charge is 2.21. The Morgan fingerprint density at radius 1 is 1.29 bits per heavy atom. The van der Waals surface area contributed by atoms with Gasteiger partial charge in [0.05, 0.1) is 4.88 Å². The van der Waals surface area contributed by atoms with Crippen LogP contribution in [0.5, 0.6) is 11.5 Å². The molecule has 0 aliphatic carbocycles. The molecule has 0 saturated heterocycles. The van der Waals surface area contributed by atoms with Gasteiger partial charge in [-0.2, -0.15) is 0 Å². The number of hydrogen-bond acceptors (Lipinski definition) is 5. The number of benzene rings is 1. The molecule has 1 atom stereocenters. The molecule has 1 N–H and O–H groups in total. The van der Waals surface area contributed by atoms with E-state index in [1.807, 2.05) is 23.6 Å². The van der Waals surface area contributed by atoms with Crippen LogP contribution in [0.25, 0.3) is 0 Å². The molecule has 0 saturated carbocycles. The van der Waals surface area contributed by atoms with Gasteiger partial charge in [-0.3, -0.25) is 9.59 Å². The molecule has 126 valence electrons. The number of fused-ring (bicyclic) bond motifs is 1. The van der Waals surface area contributed by atoms with Gasteiger partial charge in [-0.05, 0) is 36.1 Å². The van der Waals surface area contributed by atoms with Crippen molar-refractivity contribution in [3.63, 3.8) is 0 Å². The van der Waals surface area contributed by atoms with Crippen molar-refractivity contribution < 1.29 is 19.1 Å². The number of thiophene rings is 1.